The van der Waals surface area contributed by atoms with Crippen LogP contribution < -0.4 is 0 Å². The summed E-state index contributed by atoms with van der Waals surface area (Å²) in [5.41, 5.74) is 0.990. The first-order valence-corrected chi connectivity index (χ1v) is 3.32. The maximum Gasteiger partial charge on any atom is 0.118 e. The third kappa shape index (κ3) is 4.25. The zero-order valence-corrected chi connectivity index (χ0v) is 7.26. The Labute approximate surface area is 67.8 Å². The second-order valence-corrected chi connectivity index (χ2v) is 2.05. The summed E-state index contributed by atoms with van der Waals surface area (Å²) in [7, 11) is 3.21. The predicted molar refractivity (Wildman–Crippen MR) is 46.1 cm³/mol. The third-order valence-corrected chi connectivity index (χ3v) is 1.11. The van der Waals surface area contributed by atoms with Crippen LogP contribution in [-0.2, 0) is 9.47 Å². The molecule has 0 aromatic carbocycles. The van der Waals surface area contributed by atoms with E-state index in [9.17, 15) is 0 Å². The van der Waals surface area contributed by atoms with Crippen molar-refractivity contribution in [1.29, 1.82) is 0 Å². The molecule has 2 nitrogen and oxygen atoms in total. The first kappa shape index (κ1) is 9.82. The Hall–Kier alpha value is -1.18. The van der Waals surface area contributed by atoms with Crippen molar-refractivity contribution < 1.29 is 9.47 Å². The smallest absolute Gasteiger partial charge is 0.118 e. The van der Waals surface area contributed by atoms with E-state index in [2.05, 4.69) is 6.58 Å². The lowest BCUT2D eigenvalue weighted by molar-refractivity contribution is 0.305. The lowest BCUT2D eigenvalue weighted by Gasteiger charge is -1.98. The van der Waals surface area contributed by atoms with Crippen molar-refractivity contribution >= 4 is 0 Å². The quantitative estimate of drug-likeness (QED) is 0.456. The molecule has 0 spiro atoms. The standard InChI is InChI=1S/C9H14O2/c1-5-9(11-4)6-8(2)7-10-3/h5-7H,1H2,2-4H3/b8-7-,9-6+. The highest BCUT2D eigenvalue weighted by Gasteiger charge is 1.88. The van der Waals surface area contributed by atoms with E-state index in [4.69, 9.17) is 9.47 Å². The minimum absolute atomic E-state index is 0.732. The monoisotopic (exact) mass is 154 g/mol. The van der Waals surface area contributed by atoms with Gasteiger partial charge in [0.05, 0.1) is 20.5 Å². The van der Waals surface area contributed by atoms with Crippen LogP contribution in [0.4, 0.5) is 0 Å². The van der Waals surface area contributed by atoms with E-state index >= 15 is 0 Å². The van der Waals surface area contributed by atoms with Gasteiger partial charge in [0.15, 0.2) is 0 Å². The van der Waals surface area contributed by atoms with Gasteiger partial charge in [-0.15, -0.1) is 0 Å². The normalized spacial score (nSPS) is 12.6. The van der Waals surface area contributed by atoms with Gasteiger partial charge in [-0.05, 0) is 24.6 Å². The first-order valence-electron chi connectivity index (χ1n) is 3.32. The van der Waals surface area contributed by atoms with Crippen molar-refractivity contribution in [3.05, 3.63) is 36.3 Å². The summed E-state index contributed by atoms with van der Waals surface area (Å²) in [6.07, 6.45) is 5.13. The molecule has 0 aliphatic carbocycles. The van der Waals surface area contributed by atoms with E-state index in [1.165, 1.54) is 0 Å². The Morgan fingerprint density at radius 3 is 2.36 bits per heavy atom. The third-order valence-electron chi connectivity index (χ3n) is 1.11. The molecular weight excluding hydrogens is 140 g/mol. The highest BCUT2D eigenvalue weighted by atomic mass is 16.5. The first-order chi connectivity index (χ1) is 5.24. The van der Waals surface area contributed by atoms with Crippen molar-refractivity contribution in [2.24, 2.45) is 0 Å². The van der Waals surface area contributed by atoms with Crippen LogP contribution in [0.5, 0.6) is 0 Å². The molecule has 0 heterocycles. The minimum Gasteiger partial charge on any atom is -0.504 e. The van der Waals surface area contributed by atoms with Crippen LogP contribution in [0.25, 0.3) is 0 Å². The van der Waals surface area contributed by atoms with Crippen LogP contribution in [0.1, 0.15) is 6.92 Å². The molecule has 2 heteroatoms. The summed E-state index contributed by atoms with van der Waals surface area (Å²) in [6.45, 7) is 5.51. The molecule has 11 heavy (non-hydrogen) atoms. The van der Waals surface area contributed by atoms with Crippen LogP contribution >= 0.6 is 0 Å². The van der Waals surface area contributed by atoms with E-state index < -0.39 is 0 Å². The molecule has 0 aromatic rings. The number of rotatable bonds is 4. The highest BCUT2D eigenvalue weighted by Crippen LogP contribution is 2.03. The Morgan fingerprint density at radius 1 is 1.36 bits per heavy atom. The SMILES string of the molecule is C=C/C(=C\C(C)=C/OC)OC. The van der Waals surface area contributed by atoms with Gasteiger partial charge >= 0.3 is 0 Å². The number of methoxy groups -OCH3 is 2. The molecule has 0 N–H and O–H groups in total. The van der Waals surface area contributed by atoms with Crippen LogP contribution in [0.3, 0.4) is 0 Å². The molecule has 0 aliphatic heterocycles. The van der Waals surface area contributed by atoms with Gasteiger partial charge in [0.25, 0.3) is 0 Å². The van der Waals surface area contributed by atoms with E-state index in [-0.39, 0.29) is 0 Å². The highest BCUT2D eigenvalue weighted by molar-refractivity contribution is 5.22. The second kappa shape index (κ2) is 5.59. The van der Waals surface area contributed by atoms with Gasteiger partial charge in [0.1, 0.15) is 5.76 Å². The van der Waals surface area contributed by atoms with E-state index in [1.807, 2.05) is 13.0 Å². The fourth-order valence-corrected chi connectivity index (χ4v) is 0.645. The largest absolute Gasteiger partial charge is 0.504 e. The van der Waals surface area contributed by atoms with Crippen LogP contribution in [0, 0.1) is 0 Å². The minimum atomic E-state index is 0.732. The van der Waals surface area contributed by atoms with Gasteiger partial charge in [-0.2, -0.15) is 0 Å². The Balaban J connectivity index is 4.25. The zero-order valence-electron chi connectivity index (χ0n) is 7.26. The van der Waals surface area contributed by atoms with Gasteiger partial charge in [-0.25, -0.2) is 0 Å². The molecule has 0 aliphatic rings. The number of ether oxygens (including phenoxy) is 2. The van der Waals surface area contributed by atoms with E-state index in [0.717, 1.165) is 11.3 Å². The molecule has 0 unspecified atom stereocenters. The molecule has 0 saturated carbocycles. The fourth-order valence-electron chi connectivity index (χ4n) is 0.645. The Morgan fingerprint density at radius 2 is 2.00 bits per heavy atom. The predicted octanol–water partition coefficient (Wildman–Crippen LogP) is 2.25. The molecule has 0 aromatic heterocycles. The zero-order chi connectivity index (χ0) is 8.69. The topological polar surface area (TPSA) is 18.5 Å². The number of hydrogen-bond acceptors (Lipinski definition) is 2. The van der Waals surface area contributed by atoms with Gasteiger partial charge < -0.3 is 9.47 Å². The summed E-state index contributed by atoms with van der Waals surface area (Å²) in [5.74, 6) is 0.732. The maximum absolute atomic E-state index is 4.96. The van der Waals surface area contributed by atoms with Gasteiger partial charge in [-0.3, -0.25) is 0 Å². The molecule has 0 atom stereocenters. The summed E-state index contributed by atoms with van der Waals surface area (Å²) in [5, 5.41) is 0. The van der Waals surface area contributed by atoms with E-state index in [1.54, 1.807) is 26.6 Å². The van der Waals surface area contributed by atoms with Crippen molar-refractivity contribution in [2.75, 3.05) is 14.2 Å². The fraction of sp³-hybridized carbons (Fsp3) is 0.333. The van der Waals surface area contributed by atoms with Crippen molar-refractivity contribution in [1.82, 2.24) is 0 Å². The van der Waals surface area contributed by atoms with Gasteiger partial charge in [0.2, 0.25) is 0 Å². The van der Waals surface area contributed by atoms with Crippen LogP contribution in [-0.4, -0.2) is 14.2 Å². The van der Waals surface area contributed by atoms with Gasteiger partial charge in [-0.1, -0.05) is 6.58 Å². The Kier molecular flexibility index (Phi) is 4.99. The number of hydrogen-bond donors (Lipinski definition) is 0. The summed E-state index contributed by atoms with van der Waals surface area (Å²) in [4.78, 5) is 0. The summed E-state index contributed by atoms with van der Waals surface area (Å²) < 4.78 is 9.76. The lowest BCUT2D eigenvalue weighted by atomic mass is 10.3. The van der Waals surface area contributed by atoms with Crippen LogP contribution in [0.15, 0.2) is 36.3 Å². The maximum atomic E-state index is 4.96. The number of allylic oxidation sites excluding steroid dienone is 3. The molecule has 0 saturated heterocycles. The average molecular weight is 154 g/mol. The summed E-state index contributed by atoms with van der Waals surface area (Å²) in [6, 6.07) is 0. The van der Waals surface area contributed by atoms with Gasteiger partial charge in [0, 0.05) is 0 Å². The molecule has 0 rings (SSSR count). The molecule has 0 amide bonds. The lowest BCUT2D eigenvalue weighted by Crippen LogP contribution is -1.82. The van der Waals surface area contributed by atoms with Crippen LogP contribution in [0.2, 0.25) is 0 Å². The Bertz CT molecular complexity index is 178. The van der Waals surface area contributed by atoms with Crippen molar-refractivity contribution in [2.45, 2.75) is 6.92 Å². The summed E-state index contributed by atoms with van der Waals surface area (Å²) >= 11 is 0. The second-order valence-electron chi connectivity index (χ2n) is 2.05. The molecule has 62 valence electrons. The average Bonchev–Trinajstić information content (AvgIpc) is 2.01. The molecule has 0 radical (unpaired) electrons. The van der Waals surface area contributed by atoms with Crippen molar-refractivity contribution in [3.63, 3.8) is 0 Å². The van der Waals surface area contributed by atoms with Crippen molar-refractivity contribution in [3.8, 4) is 0 Å². The molecular formula is C9H14O2. The molecule has 0 bridgehead atoms. The molecule has 0 fully saturated rings. The van der Waals surface area contributed by atoms with E-state index in [0.29, 0.717) is 0 Å².